The zero-order chi connectivity index (χ0) is 14.0. The van der Waals surface area contributed by atoms with E-state index in [1.54, 1.807) is 11.0 Å². The molecule has 0 saturated carbocycles. The van der Waals surface area contributed by atoms with Gasteiger partial charge in [-0.2, -0.15) is 5.10 Å². The monoisotopic (exact) mass is 259 g/mol. The third-order valence-electron chi connectivity index (χ3n) is 3.23. The highest BCUT2D eigenvalue weighted by molar-refractivity contribution is 5.33. The normalized spacial score (nSPS) is 12.7. The third-order valence-corrected chi connectivity index (χ3v) is 3.23. The highest BCUT2D eigenvalue weighted by atomic mass is 15.3. The van der Waals surface area contributed by atoms with Crippen molar-refractivity contribution in [2.75, 3.05) is 0 Å². The maximum absolute atomic E-state index is 4.54. The Hall–Kier alpha value is -1.75. The van der Waals surface area contributed by atoms with Gasteiger partial charge in [0.05, 0.1) is 6.54 Å². The fourth-order valence-electron chi connectivity index (χ4n) is 2.50. The second-order valence-electron chi connectivity index (χ2n) is 5.02. The van der Waals surface area contributed by atoms with Crippen molar-refractivity contribution in [1.82, 2.24) is 25.1 Å². The van der Waals surface area contributed by atoms with E-state index in [1.807, 2.05) is 14.0 Å². The van der Waals surface area contributed by atoms with Crippen LogP contribution in [0.3, 0.4) is 0 Å². The quantitative estimate of drug-likeness (QED) is 0.912. The van der Waals surface area contributed by atoms with E-state index in [9.17, 15) is 0 Å². The number of hydrogen-bond donors (Lipinski definition) is 1. The summed E-state index contributed by atoms with van der Waals surface area (Å²) in [6, 6.07) is 2.36. The van der Waals surface area contributed by atoms with E-state index in [2.05, 4.69) is 47.2 Å². The molecule has 5 nitrogen and oxygen atoms in total. The standard InChI is InChI=1S/C14H21N5/c1-9-6-10(2)17-12(4)14(9)11(3)15-7-13-16-8-19(5)18-13/h6,8,11,15H,7H2,1-5H3. The SMILES string of the molecule is Cc1cc(C)c(C(C)NCc2ncn(C)n2)c(C)n1. The van der Waals surface area contributed by atoms with Crippen LogP contribution in [0, 0.1) is 20.8 Å². The molecular weight excluding hydrogens is 238 g/mol. The van der Waals surface area contributed by atoms with Crippen LogP contribution in [-0.4, -0.2) is 19.7 Å². The number of rotatable bonds is 4. The summed E-state index contributed by atoms with van der Waals surface area (Å²) in [7, 11) is 1.87. The molecule has 2 heterocycles. The molecule has 2 rings (SSSR count). The average Bonchev–Trinajstić information content (AvgIpc) is 2.71. The second kappa shape index (κ2) is 5.48. The Labute approximate surface area is 114 Å². The summed E-state index contributed by atoms with van der Waals surface area (Å²) in [5.74, 6) is 0.810. The lowest BCUT2D eigenvalue weighted by Crippen LogP contribution is -2.21. The Kier molecular flexibility index (Phi) is 3.95. The molecule has 0 spiro atoms. The lowest BCUT2D eigenvalue weighted by molar-refractivity contribution is 0.549. The van der Waals surface area contributed by atoms with Gasteiger partial charge in [-0.3, -0.25) is 9.67 Å². The number of hydrogen-bond acceptors (Lipinski definition) is 4. The van der Waals surface area contributed by atoms with Gasteiger partial charge in [0, 0.05) is 24.5 Å². The van der Waals surface area contributed by atoms with Crippen LogP contribution in [0.4, 0.5) is 0 Å². The Bertz CT molecular complexity index is 550. The van der Waals surface area contributed by atoms with Crippen molar-refractivity contribution in [2.45, 2.75) is 40.3 Å². The number of nitrogens with one attached hydrogen (secondary N) is 1. The van der Waals surface area contributed by atoms with Crippen molar-refractivity contribution in [3.8, 4) is 0 Å². The van der Waals surface area contributed by atoms with Gasteiger partial charge in [0.15, 0.2) is 5.82 Å². The first kappa shape index (κ1) is 13.7. The zero-order valence-corrected chi connectivity index (χ0v) is 12.2. The van der Waals surface area contributed by atoms with Gasteiger partial charge >= 0.3 is 0 Å². The second-order valence-corrected chi connectivity index (χ2v) is 5.02. The van der Waals surface area contributed by atoms with Crippen LogP contribution in [0.2, 0.25) is 0 Å². The van der Waals surface area contributed by atoms with Crippen LogP contribution in [0.15, 0.2) is 12.4 Å². The molecule has 0 aliphatic carbocycles. The molecule has 5 heteroatoms. The largest absolute Gasteiger partial charge is 0.303 e. The first-order chi connectivity index (χ1) is 8.97. The summed E-state index contributed by atoms with van der Waals surface area (Å²) in [5.41, 5.74) is 4.70. The lowest BCUT2D eigenvalue weighted by Gasteiger charge is -2.18. The molecule has 1 atom stereocenters. The zero-order valence-electron chi connectivity index (χ0n) is 12.2. The van der Waals surface area contributed by atoms with Crippen LogP contribution in [-0.2, 0) is 13.6 Å². The van der Waals surface area contributed by atoms with Gasteiger partial charge in [-0.25, -0.2) is 4.98 Å². The maximum Gasteiger partial charge on any atom is 0.164 e. The van der Waals surface area contributed by atoms with E-state index >= 15 is 0 Å². The molecule has 102 valence electrons. The van der Waals surface area contributed by atoms with Gasteiger partial charge in [0.2, 0.25) is 0 Å². The van der Waals surface area contributed by atoms with Gasteiger partial charge < -0.3 is 5.32 Å². The summed E-state index contributed by atoms with van der Waals surface area (Å²) in [4.78, 5) is 8.75. The molecule has 2 aromatic heterocycles. The smallest absolute Gasteiger partial charge is 0.164 e. The summed E-state index contributed by atoms with van der Waals surface area (Å²) in [6.45, 7) is 9.03. The van der Waals surface area contributed by atoms with Crippen LogP contribution < -0.4 is 5.32 Å². The molecule has 2 aromatic rings. The predicted molar refractivity (Wildman–Crippen MR) is 74.7 cm³/mol. The molecule has 0 radical (unpaired) electrons. The molecule has 0 aliphatic heterocycles. The van der Waals surface area contributed by atoms with E-state index in [1.165, 1.54) is 11.1 Å². The first-order valence-electron chi connectivity index (χ1n) is 6.50. The van der Waals surface area contributed by atoms with Gasteiger partial charge in [-0.1, -0.05) is 0 Å². The number of aromatic nitrogens is 4. The highest BCUT2D eigenvalue weighted by Gasteiger charge is 2.13. The molecule has 0 aliphatic rings. The lowest BCUT2D eigenvalue weighted by atomic mass is 10.0. The first-order valence-corrected chi connectivity index (χ1v) is 6.50. The van der Waals surface area contributed by atoms with E-state index in [-0.39, 0.29) is 6.04 Å². The summed E-state index contributed by atoms with van der Waals surface area (Å²) in [5, 5.41) is 7.71. The number of aryl methyl sites for hydroxylation is 4. The van der Waals surface area contributed by atoms with Gasteiger partial charge in [-0.05, 0) is 44.9 Å². The van der Waals surface area contributed by atoms with E-state index in [0.717, 1.165) is 17.2 Å². The van der Waals surface area contributed by atoms with Crippen molar-refractivity contribution in [3.63, 3.8) is 0 Å². The van der Waals surface area contributed by atoms with Gasteiger partial charge in [0.1, 0.15) is 6.33 Å². The fraction of sp³-hybridized carbons (Fsp3) is 0.500. The average molecular weight is 259 g/mol. The molecule has 0 bridgehead atoms. The molecule has 0 aromatic carbocycles. The van der Waals surface area contributed by atoms with E-state index < -0.39 is 0 Å². The van der Waals surface area contributed by atoms with E-state index in [0.29, 0.717) is 6.54 Å². The minimum absolute atomic E-state index is 0.233. The number of pyridine rings is 1. The summed E-state index contributed by atoms with van der Waals surface area (Å²) < 4.78 is 1.71. The van der Waals surface area contributed by atoms with Gasteiger partial charge in [-0.15, -0.1) is 0 Å². The Balaban J connectivity index is 2.10. The minimum atomic E-state index is 0.233. The number of nitrogens with zero attached hydrogens (tertiary/aromatic N) is 4. The molecule has 0 saturated heterocycles. The molecule has 1 unspecified atom stereocenters. The molecule has 0 fully saturated rings. The van der Waals surface area contributed by atoms with Crippen LogP contribution >= 0.6 is 0 Å². The third kappa shape index (κ3) is 3.17. The summed E-state index contributed by atoms with van der Waals surface area (Å²) >= 11 is 0. The van der Waals surface area contributed by atoms with Crippen molar-refractivity contribution in [2.24, 2.45) is 7.05 Å². The Morgan fingerprint density at radius 3 is 2.63 bits per heavy atom. The van der Waals surface area contributed by atoms with Crippen molar-refractivity contribution in [3.05, 3.63) is 40.7 Å². The van der Waals surface area contributed by atoms with Crippen LogP contribution in [0.25, 0.3) is 0 Å². The summed E-state index contributed by atoms with van der Waals surface area (Å²) in [6.07, 6.45) is 1.71. The fourth-order valence-corrected chi connectivity index (χ4v) is 2.50. The van der Waals surface area contributed by atoms with Gasteiger partial charge in [0.25, 0.3) is 0 Å². The van der Waals surface area contributed by atoms with Crippen molar-refractivity contribution in [1.29, 1.82) is 0 Å². The van der Waals surface area contributed by atoms with Crippen LogP contribution in [0.1, 0.15) is 41.3 Å². The van der Waals surface area contributed by atoms with E-state index in [4.69, 9.17) is 0 Å². The molecule has 19 heavy (non-hydrogen) atoms. The minimum Gasteiger partial charge on any atom is -0.303 e. The molecule has 0 amide bonds. The van der Waals surface area contributed by atoms with Crippen molar-refractivity contribution >= 4 is 0 Å². The van der Waals surface area contributed by atoms with Crippen molar-refractivity contribution < 1.29 is 0 Å². The predicted octanol–water partition coefficient (Wildman–Crippen LogP) is 1.99. The molecule has 1 N–H and O–H groups in total. The molecular formula is C14H21N5. The highest BCUT2D eigenvalue weighted by Crippen LogP contribution is 2.21. The Morgan fingerprint density at radius 2 is 2.05 bits per heavy atom. The Morgan fingerprint density at radius 1 is 1.32 bits per heavy atom. The van der Waals surface area contributed by atoms with Crippen LogP contribution in [0.5, 0.6) is 0 Å². The maximum atomic E-state index is 4.54. The topological polar surface area (TPSA) is 55.6 Å².